The number of nitrogen functional groups attached to an aromatic ring is 1. The van der Waals surface area contributed by atoms with Crippen molar-refractivity contribution in [1.82, 2.24) is 4.98 Å². The van der Waals surface area contributed by atoms with Gasteiger partial charge in [-0.25, -0.2) is 0 Å². The molecule has 0 saturated heterocycles. The smallest absolute Gasteiger partial charge is 0.0601 e. The van der Waals surface area contributed by atoms with E-state index in [1.165, 1.54) is 5.69 Å². The van der Waals surface area contributed by atoms with E-state index >= 15 is 0 Å². The Labute approximate surface area is 108 Å². The molecular weight excluding hydrogens is 222 g/mol. The first-order valence-electron chi connectivity index (χ1n) is 6.21. The Morgan fingerprint density at radius 1 is 1.22 bits per heavy atom. The van der Waals surface area contributed by atoms with E-state index < -0.39 is 0 Å². The number of rotatable bonds is 4. The molecule has 0 aliphatic rings. The normalized spacial score (nSPS) is 10.3. The second-order valence-corrected chi connectivity index (χ2v) is 4.38. The molecule has 0 spiro atoms. The molecule has 1 aromatic heterocycles. The molecular formula is C15H19N3. The summed E-state index contributed by atoms with van der Waals surface area (Å²) in [6.45, 7) is 5.95. The van der Waals surface area contributed by atoms with Gasteiger partial charge in [-0.3, -0.25) is 4.98 Å². The van der Waals surface area contributed by atoms with Gasteiger partial charge in [0.2, 0.25) is 0 Å². The topological polar surface area (TPSA) is 42.2 Å². The van der Waals surface area contributed by atoms with Crippen LogP contribution in [-0.4, -0.2) is 11.5 Å². The van der Waals surface area contributed by atoms with Crippen molar-refractivity contribution in [1.29, 1.82) is 0 Å². The minimum Gasteiger partial charge on any atom is -0.399 e. The summed E-state index contributed by atoms with van der Waals surface area (Å²) in [6.07, 6.45) is 1.83. The average molecular weight is 241 g/mol. The first-order valence-corrected chi connectivity index (χ1v) is 6.21. The van der Waals surface area contributed by atoms with Crippen LogP contribution >= 0.6 is 0 Å². The Morgan fingerprint density at radius 3 is 2.67 bits per heavy atom. The maximum absolute atomic E-state index is 5.85. The Morgan fingerprint density at radius 2 is 2.06 bits per heavy atom. The van der Waals surface area contributed by atoms with Gasteiger partial charge >= 0.3 is 0 Å². The fourth-order valence-corrected chi connectivity index (χ4v) is 1.93. The third-order valence-corrected chi connectivity index (χ3v) is 3.08. The van der Waals surface area contributed by atoms with Crippen LogP contribution < -0.4 is 10.6 Å². The number of aryl methyl sites for hydroxylation is 1. The summed E-state index contributed by atoms with van der Waals surface area (Å²) >= 11 is 0. The summed E-state index contributed by atoms with van der Waals surface area (Å²) < 4.78 is 0. The molecule has 0 amide bonds. The molecule has 0 aliphatic heterocycles. The molecule has 0 fully saturated rings. The van der Waals surface area contributed by atoms with Crippen LogP contribution in [0, 0.1) is 6.92 Å². The minimum atomic E-state index is 0.820. The minimum absolute atomic E-state index is 0.820. The molecule has 3 heteroatoms. The van der Waals surface area contributed by atoms with Crippen LogP contribution in [0.1, 0.15) is 18.2 Å². The van der Waals surface area contributed by atoms with Crippen molar-refractivity contribution in [2.45, 2.75) is 20.4 Å². The predicted octanol–water partition coefficient (Wildman–Crippen LogP) is 3.00. The molecule has 2 rings (SSSR count). The van der Waals surface area contributed by atoms with Crippen molar-refractivity contribution >= 4 is 11.4 Å². The summed E-state index contributed by atoms with van der Waals surface area (Å²) in [7, 11) is 0. The van der Waals surface area contributed by atoms with Gasteiger partial charge in [0, 0.05) is 24.1 Å². The average Bonchev–Trinajstić information content (AvgIpc) is 2.40. The number of aromatic nitrogens is 1. The molecule has 0 aliphatic carbocycles. The van der Waals surface area contributed by atoms with E-state index in [-0.39, 0.29) is 0 Å². The summed E-state index contributed by atoms with van der Waals surface area (Å²) in [4.78, 5) is 6.65. The van der Waals surface area contributed by atoms with Crippen LogP contribution in [0.15, 0.2) is 42.6 Å². The molecule has 0 radical (unpaired) electrons. The Bertz CT molecular complexity index is 508. The zero-order valence-electron chi connectivity index (χ0n) is 10.9. The maximum Gasteiger partial charge on any atom is 0.0601 e. The number of pyridine rings is 1. The van der Waals surface area contributed by atoms with Crippen molar-refractivity contribution in [3.05, 3.63) is 53.9 Å². The van der Waals surface area contributed by atoms with E-state index in [0.29, 0.717) is 0 Å². The Balaban J connectivity index is 2.20. The van der Waals surface area contributed by atoms with Crippen LogP contribution in [0.5, 0.6) is 0 Å². The fourth-order valence-electron chi connectivity index (χ4n) is 1.93. The van der Waals surface area contributed by atoms with Crippen molar-refractivity contribution < 1.29 is 0 Å². The van der Waals surface area contributed by atoms with Crippen molar-refractivity contribution in [3.8, 4) is 0 Å². The number of nitrogens with two attached hydrogens (primary N) is 1. The molecule has 1 heterocycles. The molecule has 18 heavy (non-hydrogen) atoms. The summed E-state index contributed by atoms with van der Waals surface area (Å²) in [5.74, 6) is 0. The molecule has 0 unspecified atom stereocenters. The molecule has 0 atom stereocenters. The molecule has 3 nitrogen and oxygen atoms in total. The third kappa shape index (κ3) is 2.80. The van der Waals surface area contributed by atoms with Gasteiger partial charge in [0.1, 0.15) is 0 Å². The van der Waals surface area contributed by atoms with E-state index in [1.807, 2.05) is 37.4 Å². The largest absolute Gasteiger partial charge is 0.399 e. The van der Waals surface area contributed by atoms with E-state index in [9.17, 15) is 0 Å². The number of nitrogens with zero attached hydrogens (tertiary/aromatic N) is 2. The number of benzene rings is 1. The molecule has 0 bridgehead atoms. The van der Waals surface area contributed by atoms with Crippen LogP contribution in [0.4, 0.5) is 11.4 Å². The number of hydrogen-bond acceptors (Lipinski definition) is 3. The highest BCUT2D eigenvalue weighted by molar-refractivity contribution is 5.58. The molecule has 0 saturated carbocycles. The zero-order valence-corrected chi connectivity index (χ0v) is 10.9. The van der Waals surface area contributed by atoms with Gasteiger partial charge in [-0.2, -0.15) is 0 Å². The first-order chi connectivity index (χ1) is 8.70. The maximum atomic E-state index is 5.85. The Kier molecular flexibility index (Phi) is 3.82. The standard InChI is InChI=1S/C15H19N3/c1-3-18(11-13-6-4-5-9-17-13)14-7-8-15(16)12(2)10-14/h4-10H,3,11,16H2,1-2H3. The lowest BCUT2D eigenvalue weighted by molar-refractivity contribution is 0.809. The van der Waals surface area contributed by atoms with Crippen LogP contribution in [0.25, 0.3) is 0 Å². The van der Waals surface area contributed by atoms with Gasteiger partial charge in [-0.15, -0.1) is 0 Å². The van der Waals surface area contributed by atoms with E-state index in [2.05, 4.69) is 28.9 Å². The van der Waals surface area contributed by atoms with Crippen LogP contribution in [0.3, 0.4) is 0 Å². The van der Waals surface area contributed by atoms with Crippen molar-refractivity contribution in [2.24, 2.45) is 0 Å². The van der Waals surface area contributed by atoms with E-state index in [1.54, 1.807) is 0 Å². The lowest BCUT2D eigenvalue weighted by Crippen LogP contribution is -2.22. The summed E-state index contributed by atoms with van der Waals surface area (Å²) in [5.41, 5.74) is 10.1. The molecule has 2 N–H and O–H groups in total. The predicted molar refractivity (Wildman–Crippen MR) is 76.6 cm³/mol. The summed E-state index contributed by atoms with van der Waals surface area (Å²) in [6, 6.07) is 12.2. The monoisotopic (exact) mass is 241 g/mol. The molecule has 2 aromatic rings. The number of anilines is 2. The van der Waals surface area contributed by atoms with Gasteiger partial charge < -0.3 is 10.6 Å². The van der Waals surface area contributed by atoms with E-state index in [4.69, 9.17) is 5.73 Å². The lowest BCUT2D eigenvalue weighted by Gasteiger charge is -2.23. The SMILES string of the molecule is CCN(Cc1ccccn1)c1ccc(N)c(C)c1. The fraction of sp³-hybridized carbons (Fsp3) is 0.267. The third-order valence-electron chi connectivity index (χ3n) is 3.08. The summed E-state index contributed by atoms with van der Waals surface area (Å²) in [5, 5.41) is 0. The molecule has 94 valence electrons. The highest BCUT2D eigenvalue weighted by atomic mass is 15.1. The van der Waals surface area contributed by atoms with Crippen molar-refractivity contribution in [3.63, 3.8) is 0 Å². The highest BCUT2D eigenvalue weighted by Crippen LogP contribution is 2.21. The van der Waals surface area contributed by atoms with Gasteiger partial charge in [0.25, 0.3) is 0 Å². The van der Waals surface area contributed by atoms with E-state index in [0.717, 1.165) is 30.0 Å². The lowest BCUT2D eigenvalue weighted by atomic mass is 10.1. The first kappa shape index (κ1) is 12.4. The van der Waals surface area contributed by atoms with Gasteiger partial charge in [0.15, 0.2) is 0 Å². The second kappa shape index (κ2) is 5.54. The van der Waals surface area contributed by atoms with Crippen molar-refractivity contribution in [2.75, 3.05) is 17.2 Å². The number of hydrogen-bond donors (Lipinski definition) is 1. The second-order valence-electron chi connectivity index (χ2n) is 4.38. The van der Waals surface area contributed by atoms with Gasteiger partial charge in [0.05, 0.1) is 12.2 Å². The Hall–Kier alpha value is -2.03. The molecule has 1 aromatic carbocycles. The highest BCUT2D eigenvalue weighted by Gasteiger charge is 2.07. The van der Waals surface area contributed by atoms with Crippen LogP contribution in [0.2, 0.25) is 0 Å². The zero-order chi connectivity index (χ0) is 13.0. The van der Waals surface area contributed by atoms with Gasteiger partial charge in [-0.05, 0) is 49.7 Å². The van der Waals surface area contributed by atoms with Gasteiger partial charge in [-0.1, -0.05) is 6.07 Å². The quantitative estimate of drug-likeness (QED) is 0.837. The van der Waals surface area contributed by atoms with Crippen LogP contribution in [-0.2, 0) is 6.54 Å².